The number of nitro benzene ring substituents is 1. The molecule has 154 valence electrons. The number of nitrogens with one attached hydrogen (secondary N) is 1. The number of rotatable bonds is 8. The summed E-state index contributed by atoms with van der Waals surface area (Å²) in [6.45, 7) is 5.65. The van der Waals surface area contributed by atoms with Gasteiger partial charge in [-0.1, -0.05) is 38.1 Å². The molecule has 0 aliphatic heterocycles. The third-order valence-corrected chi connectivity index (χ3v) is 4.30. The fourth-order valence-corrected chi connectivity index (χ4v) is 2.82. The number of nitrogens with zero attached hydrogens (tertiary/aromatic N) is 1. The van der Waals surface area contributed by atoms with E-state index >= 15 is 0 Å². The zero-order valence-electron chi connectivity index (χ0n) is 16.7. The van der Waals surface area contributed by atoms with Crippen molar-refractivity contribution in [1.29, 1.82) is 0 Å². The van der Waals surface area contributed by atoms with Gasteiger partial charge in [-0.15, -0.1) is 0 Å². The van der Waals surface area contributed by atoms with Gasteiger partial charge in [0.05, 0.1) is 16.5 Å². The van der Waals surface area contributed by atoms with Crippen LogP contribution in [-0.4, -0.2) is 23.4 Å². The fourth-order valence-electron chi connectivity index (χ4n) is 2.82. The summed E-state index contributed by atoms with van der Waals surface area (Å²) in [4.78, 5) is 34.4. The quantitative estimate of drug-likeness (QED) is 0.303. The summed E-state index contributed by atoms with van der Waals surface area (Å²) in [5.41, 5.74) is 7.17. The van der Waals surface area contributed by atoms with Crippen molar-refractivity contribution in [2.75, 3.05) is 12.3 Å². The van der Waals surface area contributed by atoms with Crippen LogP contribution in [0.2, 0.25) is 0 Å². The Balaban J connectivity index is 1.90. The zero-order chi connectivity index (χ0) is 21.6. The van der Waals surface area contributed by atoms with E-state index in [-0.39, 0.29) is 17.3 Å². The van der Waals surface area contributed by atoms with E-state index in [1.54, 1.807) is 0 Å². The lowest BCUT2D eigenvalue weighted by molar-refractivity contribution is -0.383. The van der Waals surface area contributed by atoms with Crippen molar-refractivity contribution in [3.8, 4) is 0 Å². The second-order valence-electron chi connectivity index (χ2n) is 7.24. The van der Waals surface area contributed by atoms with Gasteiger partial charge in [0.2, 0.25) is 0 Å². The maximum Gasteiger partial charge on any atom is 0.338 e. The molecule has 2 aromatic rings. The van der Waals surface area contributed by atoms with Gasteiger partial charge in [0, 0.05) is 6.07 Å². The van der Waals surface area contributed by atoms with Crippen molar-refractivity contribution >= 4 is 23.3 Å². The molecule has 0 bridgehead atoms. The number of carbonyl (C=O) groups is 2. The molecule has 0 fully saturated rings. The summed E-state index contributed by atoms with van der Waals surface area (Å²) in [6, 6.07) is 11.3. The van der Waals surface area contributed by atoms with Gasteiger partial charge in [0.1, 0.15) is 5.69 Å². The Labute approximate surface area is 169 Å². The molecule has 0 aromatic heterocycles. The lowest BCUT2D eigenvalue weighted by Gasteiger charge is -2.15. The lowest BCUT2D eigenvalue weighted by atomic mass is 10.00. The minimum Gasteiger partial charge on any atom is -0.452 e. The van der Waals surface area contributed by atoms with Crippen molar-refractivity contribution in [1.82, 2.24) is 5.32 Å². The third-order valence-electron chi connectivity index (χ3n) is 4.30. The van der Waals surface area contributed by atoms with Crippen LogP contribution in [0.5, 0.6) is 0 Å². The van der Waals surface area contributed by atoms with Gasteiger partial charge in [0.25, 0.3) is 11.6 Å². The fraction of sp³-hybridized carbons (Fsp3) is 0.333. The first-order chi connectivity index (χ1) is 13.7. The maximum atomic E-state index is 12.1. The number of amides is 1. The molecule has 8 heteroatoms. The Bertz CT molecular complexity index is 894. The van der Waals surface area contributed by atoms with Crippen LogP contribution >= 0.6 is 0 Å². The number of anilines is 1. The average molecular weight is 399 g/mol. The van der Waals surface area contributed by atoms with Crippen LogP contribution in [0.4, 0.5) is 11.4 Å². The number of nitrogens with two attached hydrogens (primary N) is 1. The van der Waals surface area contributed by atoms with Crippen molar-refractivity contribution in [3.63, 3.8) is 0 Å². The largest absolute Gasteiger partial charge is 0.452 e. The standard InChI is InChI=1S/C21H25N3O5/c1-13(2)10-15-4-6-16(7-5-15)14(3)23-20(25)12-29-21(26)17-8-9-18(22)19(11-17)24(27)28/h4-9,11,13-14H,10,12,22H2,1-3H3,(H,23,25)/t14-/m1/s1. The van der Waals surface area contributed by atoms with Gasteiger partial charge in [-0.2, -0.15) is 0 Å². The Morgan fingerprint density at radius 1 is 1.14 bits per heavy atom. The van der Waals surface area contributed by atoms with Gasteiger partial charge in [-0.25, -0.2) is 4.79 Å². The molecule has 1 amide bonds. The highest BCUT2D eigenvalue weighted by molar-refractivity contribution is 5.92. The highest BCUT2D eigenvalue weighted by Gasteiger charge is 2.18. The summed E-state index contributed by atoms with van der Waals surface area (Å²) < 4.78 is 4.95. The molecule has 1 atom stereocenters. The predicted molar refractivity (Wildman–Crippen MR) is 109 cm³/mol. The third kappa shape index (κ3) is 6.31. The highest BCUT2D eigenvalue weighted by Crippen LogP contribution is 2.22. The molecular weight excluding hydrogens is 374 g/mol. The minimum absolute atomic E-state index is 0.0486. The van der Waals surface area contributed by atoms with Gasteiger partial charge in [-0.3, -0.25) is 14.9 Å². The van der Waals surface area contributed by atoms with E-state index in [1.807, 2.05) is 31.2 Å². The molecule has 0 saturated carbocycles. The van der Waals surface area contributed by atoms with Crippen LogP contribution in [0.1, 0.15) is 48.3 Å². The average Bonchev–Trinajstić information content (AvgIpc) is 2.66. The molecule has 0 aliphatic carbocycles. The molecule has 29 heavy (non-hydrogen) atoms. The molecule has 0 aliphatic rings. The molecule has 0 spiro atoms. The second kappa shape index (κ2) is 9.68. The first-order valence-corrected chi connectivity index (χ1v) is 9.26. The van der Waals surface area contributed by atoms with Crippen LogP contribution in [0, 0.1) is 16.0 Å². The Hall–Kier alpha value is -3.42. The Morgan fingerprint density at radius 3 is 2.38 bits per heavy atom. The van der Waals surface area contributed by atoms with E-state index in [0.717, 1.165) is 18.1 Å². The van der Waals surface area contributed by atoms with Gasteiger partial charge >= 0.3 is 5.97 Å². The molecule has 0 heterocycles. The van der Waals surface area contributed by atoms with E-state index in [4.69, 9.17) is 10.5 Å². The first-order valence-electron chi connectivity index (χ1n) is 9.26. The van der Waals surface area contributed by atoms with E-state index < -0.39 is 29.1 Å². The molecular formula is C21H25N3O5. The van der Waals surface area contributed by atoms with Crippen LogP contribution in [0.15, 0.2) is 42.5 Å². The molecule has 2 aromatic carbocycles. The number of benzene rings is 2. The smallest absolute Gasteiger partial charge is 0.338 e. The normalized spacial score (nSPS) is 11.7. The maximum absolute atomic E-state index is 12.1. The molecule has 0 saturated heterocycles. The monoisotopic (exact) mass is 399 g/mol. The van der Waals surface area contributed by atoms with E-state index in [9.17, 15) is 19.7 Å². The summed E-state index contributed by atoms with van der Waals surface area (Å²) in [7, 11) is 0. The summed E-state index contributed by atoms with van der Waals surface area (Å²) >= 11 is 0. The number of nitrogen functional groups attached to an aromatic ring is 1. The zero-order valence-corrected chi connectivity index (χ0v) is 16.7. The summed E-state index contributed by atoms with van der Waals surface area (Å²) in [5, 5.41) is 13.7. The minimum atomic E-state index is -0.839. The number of esters is 1. The SMILES string of the molecule is CC(C)Cc1ccc([C@@H](C)NC(=O)COC(=O)c2ccc(N)c([N+](=O)[O-])c2)cc1. The Kier molecular flexibility index (Phi) is 7.30. The van der Waals surface area contributed by atoms with Crippen molar-refractivity contribution in [2.24, 2.45) is 5.92 Å². The highest BCUT2D eigenvalue weighted by atomic mass is 16.6. The number of carbonyl (C=O) groups excluding carboxylic acids is 2. The molecule has 8 nitrogen and oxygen atoms in total. The second-order valence-corrected chi connectivity index (χ2v) is 7.24. The molecule has 0 unspecified atom stereocenters. The van der Waals surface area contributed by atoms with Crippen LogP contribution in [0.3, 0.4) is 0 Å². The van der Waals surface area contributed by atoms with Crippen LogP contribution < -0.4 is 11.1 Å². The predicted octanol–water partition coefficient (Wildman–Crippen LogP) is 3.41. The van der Waals surface area contributed by atoms with E-state index in [0.29, 0.717) is 5.92 Å². The van der Waals surface area contributed by atoms with Crippen molar-refractivity contribution in [3.05, 3.63) is 69.3 Å². The van der Waals surface area contributed by atoms with Crippen LogP contribution in [0.25, 0.3) is 0 Å². The summed E-state index contributed by atoms with van der Waals surface area (Å²) in [6.07, 6.45) is 0.986. The van der Waals surface area contributed by atoms with Gasteiger partial charge in [-0.05, 0) is 42.5 Å². The van der Waals surface area contributed by atoms with Crippen LogP contribution in [-0.2, 0) is 16.0 Å². The molecule has 2 rings (SSSR count). The summed E-state index contributed by atoms with van der Waals surface area (Å²) in [5.74, 6) is -0.744. The topological polar surface area (TPSA) is 125 Å². The van der Waals surface area contributed by atoms with Crippen molar-refractivity contribution < 1.29 is 19.2 Å². The number of hydrogen-bond acceptors (Lipinski definition) is 6. The number of nitro groups is 1. The van der Waals surface area contributed by atoms with Gasteiger partial charge in [0.15, 0.2) is 6.61 Å². The van der Waals surface area contributed by atoms with E-state index in [1.165, 1.54) is 17.7 Å². The number of hydrogen-bond donors (Lipinski definition) is 2. The lowest BCUT2D eigenvalue weighted by Crippen LogP contribution is -2.31. The first kappa shape index (κ1) is 21.9. The molecule has 0 radical (unpaired) electrons. The van der Waals surface area contributed by atoms with E-state index in [2.05, 4.69) is 19.2 Å². The van der Waals surface area contributed by atoms with Crippen molar-refractivity contribution in [2.45, 2.75) is 33.2 Å². The van der Waals surface area contributed by atoms with Gasteiger partial charge < -0.3 is 15.8 Å². The molecule has 3 N–H and O–H groups in total. The Morgan fingerprint density at radius 2 is 1.79 bits per heavy atom. The number of ether oxygens (including phenoxy) is 1.